The Morgan fingerprint density at radius 3 is 1.69 bits per heavy atom. The predicted octanol–water partition coefficient (Wildman–Crippen LogP) is 5.30. The van der Waals surface area contributed by atoms with Crippen molar-refractivity contribution in [2.45, 2.75) is 17.8 Å². The van der Waals surface area contributed by atoms with Crippen molar-refractivity contribution in [3.63, 3.8) is 0 Å². The van der Waals surface area contributed by atoms with Gasteiger partial charge < -0.3 is 19.7 Å². The van der Waals surface area contributed by atoms with Crippen molar-refractivity contribution in [1.82, 2.24) is 0 Å². The summed E-state index contributed by atoms with van der Waals surface area (Å²) < 4.78 is 11.3. The van der Waals surface area contributed by atoms with Gasteiger partial charge in [0.25, 0.3) is 0 Å². The SMILES string of the molecule is OCCOc1ccc(C2(c3ccc(OCCO)cc3)CC(c3ccccc3)c3ccccc32)cc1. The van der Waals surface area contributed by atoms with E-state index in [2.05, 4.69) is 78.9 Å². The molecule has 5 rings (SSSR count). The van der Waals surface area contributed by atoms with Gasteiger partial charge in [0.2, 0.25) is 0 Å². The first-order chi connectivity index (χ1) is 17.3. The Bertz CT molecular complexity index is 1180. The van der Waals surface area contributed by atoms with Crippen molar-refractivity contribution in [3.8, 4) is 11.5 Å². The molecule has 178 valence electrons. The van der Waals surface area contributed by atoms with Crippen LogP contribution in [-0.2, 0) is 5.41 Å². The fourth-order valence-electron chi connectivity index (χ4n) is 5.41. The molecule has 4 heteroatoms. The van der Waals surface area contributed by atoms with Gasteiger partial charge in [0.1, 0.15) is 24.7 Å². The molecule has 35 heavy (non-hydrogen) atoms. The van der Waals surface area contributed by atoms with Crippen molar-refractivity contribution < 1.29 is 19.7 Å². The number of hydrogen-bond donors (Lipinski definition) is 2. The normalized spacial score (nSPS) is 16.0. The molecule has 1 aliphatic carbocycles. The molecule has 0 fully saturated rings. The van der Waals surface area contributed by atoms with Crippen molar-refractivity contribution in [2.75, 3.05) is 26.4 Å². The lowest BCUT2D eigenvalue weighted by Crippen LogP contribution is -2.27. The number of aliphatic hydroxyl groups is 2. The maximum atomic E-state index is 9.12. The van der Waals surface area contributed by atoms with Crippen LogP contribution in [0.25, 0.3) is 0 Å². The zero-order chi connectivity index (χ0) is 24.1. The van der Waals surface area contributed by atoms with Gasteiger partial charge in [0.05, 0.1) is 13.2 Å². The molecule has 0 heterocycles. The van der Waals surface area contributed by atoms with Crippen molar-refractivity contribution in [1.29, 1.82) is 0 Å². The molecular formula is C31H30O4. The van der Waals surface area contributed by atoms with Crippen molar-refractivity contribution >= 4 is 0 Å². The van der Waals surface area contributed by atoms with E-state index in [1.165, 1.54) is 27.8 Å². The van der Waals surface area contributed by atoms with E-state index in [-0.39, 0.29) is 37.8 Å². The Kier molecular flexibility index (Phi) is 6.84. The lowest BCUT2D eigenvalue weighted by Gasteiger charge is -2.33. The monoisotopic (exact) mass is 466 g/mol. The Labute approximate surface area is 206 Å². The third-order valence-electron chi connectivity index (χ3n) is 6.92. The molecule has 0 aliphatic heterocycles. The van der Waals surface area contributed by atoms with Crippen LogP contribution in [0.5, 0.6) is 11.5 Å². The topological polar surface area (TPSA) is 58.9 Å². The highest BCUT2D eigenvalue weighted by Gasteiger charge is 2.46. The second-order valence-corrected chi connectivity index (χ2v) is 8.85. The van der Waals surface area contributed by atoms with Gasteiger partial charge in [-0.3, -0.25) is 0 Å². The highest BCUT2D eigenvalue weighted by molar-refractivity contribution is 5.60. The molecule has 4 aromatic carbocycles. The summed E-state index contributed by atoms with van der Waals surface area (Å²) in [5.74, 6) is 1.76. The first-order valence-corrected chi connectivity index (χ1v) is 12.1. The van der Waals surface area contributed by atoms with E-state index in [1.807, 2.05) is 24.3 Å². The first-order valence-electron chi connectivity index (χ1n) is 12.1. The number of aliphatic hydroxyl groups excluding tert-OH is 2. The molecule has 1 atom stereocenters. The molecule has 0 saturated heterocycles. The van der Waals surface area contributed by atoms with E-state index in [9.17, 15) is 0 Å². The fourth-order valence-corrected chi connectivity index (χ4v) is 5.41. The van der Waals surface area contributed by atoms with Crippen LogP contribution in [-0.4, -0.2) is 36.6 Å². The zero-order valence-corrected chi connectivity index (χ0v) is 19.6. The highest BCUT2D eigenvalue weighted by atomic mass is 16.5. The molecule has 1 unspecified atom stereocenters. The average molecular weight is 467 g/mol. The van der Waals surface area contributed by atoms with Gasteiger partial charge in [-0.15, -0.1) is 0 Å². The van der Waals surface area contributed by atoms with E-state index < -0.39 is 0 Å². The third-order valence-corrected chi connectivity index (χ3v) is 6.92. The standard InChI is InChI=1S/C31H30O4/c32-18-20-34-26-14-10-24(11-15-26)31(25-12-16-27(17-13-25)35-21-19-33)22-29(23-6-2-1-3-7-23)28-8-4-5-9-30(28)31/h1-17,29,32-33H,18-22H2. The molecule has 2 N–H and O–H groups in total. The Morgan fingerprint density at radius 1 is 0.629 bits per heavy atom. The summed E-state index contributed by atoms with van der Waals surface area (Å²) in [6.45, 7) is 0.530. The van der Waals surface area contributed by atoms with Crippen molar-refractivity contribution in [3.05, 3.63) is 131 Å². The number of benzene rings is 4. The number of ether oxygens (including phenoxy) is 2. The van der Waals surface area contributed by atoms with E-state index >= 15 is 0 Å². The predicted molar refractivity (Wildman–Crippen MR) is 137 cm³/mol. The minimum absolute atomic E-state index is 0.0114. The molecule has 0 amide bonds. The van der Waals surface area contributed by atoms with Crippen molar-refractivity contribution in [2.24, 2.45) is 0 Å². The summed E-state index contributed by atoms with van der Waals surface area (Å²) in [4.78, 5) is 0. The lowest BCUT2D eigenvalue weighted by molar-refractivity contribution is 0.201. The molecule has 4 nitrogen and oxygen atoms in total. The highest BCUT2D eigenvalue weighted by Crippen LogP contribution is 2.55. The summed E-state index contributed by atoms with van der Waals surface area (Å²) >= 11 is 0. The maximum Gasteiger partial charge on any atom is 0.119 e. The van der Waals surface area contributed by atoms with E-state index in [0.29, 0.717) is 0 Å². The summed E-state index contributed by atoms with van der Waals surface area (Å²) in [5.41, 5.74) is 6.02. The number of hydrogen-bond acceptors (Lipinski definition) is 4. The fraction of sp³-hybridized carbons (Fsp3) is 0.226. The second-order valence-electron chi connectivity index (χ2n) is 8.85. The summed E-state index contributed by atoms with van der Waals surface area (Å²) in [7, 11) is 0. The van der Waals surface area contributed by atoms with Gasteiger partial charge in [-0.25, -0.2) is 0 Å². The Balaban J connectivity index is 1.64. The minimum Gasteiger partial charge on any atom is -0.491 e. The van der Waals surface area contributed by atoms with E-state index in [0.717, 1.165) is 17.9 Å². The van der Waals surface area contributed by atoms with Gasteiger partial charge in [-0.1, -0.05) is 78.9 Å². The Hall–Kier alpha value is -3.60. The van der Waals surface area contributed by atoms with Gasteiger partial charge in [-0.2, -0.15) is 0 Å². The number of fused-ring (bicyclic) bond motifs is 1. The van der Waals surface area contributed by atoms with Crippen LogP contribution >= 0.6 is 0 Å². The van der Waals surface area contributed by atoms with Crippen LogP contribution in [0.4, 0.5) is 0 Å². The zero-order valence-electron chi connectivity index (χ0n) is 19.6. The molecule has 0 aromatic heterocycles. The largest absolute Gasteiger partial charge is 0.491 e. The van der Waals surface area contributed by atoms with Crippen LogP contribution in [0.3, 0.4) is 0 Å². The summed E-state index contributed by atoms with van der Waals surface area (Å²) in [6, 6.07) is 36.0. The quantitative estimate of drug-likeness (QED) is 0.352. The average Bonchev–Trinajstić information content (AvgIpc) is 3.28. The van der Waals surface area contributed by atoms with Gasteiger partial charge in [0, 0.05) is 11.3 Å². The number of rotatable bonds is 9. The first kappa shape index (κ1) is 23.2. The van der Waals surface area contributed by atoms with Crippen LogP contribution in [0, 0.1) is 0 Å². The molecule has 0 bridgehead atoms. The molecule has 1 aliphatic rings. The molecule has 4 aromatic rings. The molecule has 0 spiro atoms. The van der Waals surface area contributed by atoms with Crippen LogP contribution < -0.4 is 9.47 Å². The lowest BCUT2D eigenvalue weighted by atomic mass is 9.69. The Morgan fingerprint density at radius 2 is 1.14 bits per heavy atom. The van der Waals surface area contributed by atoms with Crippen LogP contribution in [0.2, 0.25) is 0 Å². The summed E-state index contributed by atoms with van der Waals surface area (Å²) in [6.07, 6.45) is 0.907. The molecule has 0 radical (unpaired) electrons. The van der Waals surface area contributed by atoms with Gasteiger partial charge >= 0.3 is 0 Å². The van der Waals surface area contributed by atoms with Crippen LogP contribution in [0.15, 0.2) is 103 Å². The smallest absolute Gasteiger partial charge is 0.119 e. The second kappa shape index (κ2) is 10.3. The molecule has 0 saturated carbocycles. The van der Waals surface area contributed by atoms with Gasteiger partial charge in [0.15, 0.2) is 0 Å². The molecular weight excluding hydrogens is 436 g/mol. The third kappa shape index (κ3) is 4.43. The summed E-state index contributed by atoms with van der Waals surface area (Å²) in [5, 5.41) is 18.2. The van der Waals surface area contributed by atoms with E-state index in [4.69, 9.17) is 19.7 Å². The van der Waals surface area contributed by atoms with Crippen LogP contribution in [0.1, 0.15) is 40.2 Å². The van der Waals surface area contributed by atoms with E-state index in [1.54, 1.807) is 0 Å². The maximum absolute atomic E-state index is 9.12. The van der Waals surface area contributed by atoms with Gasteiger partial charge in [-0.05, 0) is 58.5 Å². The minimum atomic E-state index is -0.345.